The van der Waals surface area contributed by atoms with Crippen LogP contribution in [0.5, 0.6) is 0 Å². The molecule has 13 heteroatoms. The topological polar surface area (TPSA) is 169 Å². The third-order valence-corrected chi connectivity index (χ3v) is 8.03. The molecule has 4 amide bonds. The first-order valence-corrected chi connectivity index (χ1v) is 18.0. The monoisotopic (exact) mass is 686 g/mol. The predicted molar refractivity (Wildman–Crippen MR) is 184 cm³/mol. The van der Waals surface area contributed by atoms with Crippen molar-refractivity contribution in [3.8, 4) is 0 Å². The van der Waals surface area contributed by atoms with E-state index in [1.807, 2.05) is 81.4 Å². The largest absolute Gasteiger partial charge is 0.445 e. The second-order valence-electron chi connectivity index (χ2n) is 12.3. The second kappa shape index (κ2) is 20.2. The molecule has 12 nitrogen and oxygen atoms in total. The summed E-state index contributed by atoms with van der Waals surface area (Å²) in [5.41, 5.74) is 1.64. The number of nitrogens with one attached hydrogen (secondary N) is 4. The Morgan fingerprint density at radius 2 is 1.35 bits per heavy atom. The van der Waals surface area contributed by atoms with Gasteiger partial charge in [-0.05, 0) is 36.3 Å². The van der Waals surface area contributed by atoms with Crippen molar-refractivity contribution in [2.24, 2.45) is 11.8 Å². The van der Waals surface area contributed by atoms with Gasteiger partial charge in [-0.2, -0.15) is 0 Å². The normalized spacial score (nSPS) is 14.7. The quantitative estimate of drug-likeness (QED) is 0.174. The summed E-state index contributed by atoms with van der Waals surface area (Å²) in [4.78, 5) is 52.8. The highest BCUT2D eigenvalue weighted by molar-refractivity contribution is 7.93. The molecule has 0 aliphatic rings. The molecule has 0 aromatic heterocycles. The van der Waals surface area contributed by atoms with Gasteiger partial charge in [-0.3, -0.25) is 14.4 Å². The van der Waals surface area contributed by atoms with E-state index in [4.69, 9.17) is 9.47 Å². The van der Waals surface area contributed by atoms with E-state index < -0.39 is 57.8 Å². The van der Waals surface area contributed by atoms with Gasteiger partial charge in [0.15, 0.2) is 9.84 Å². The third kappa shape index (κ3) is 15.6. The number of hydrogen-bond donors (Lipinski definition) is 4. The summed E-state index contributed by atoms with van der Waals surface area (Å²) >= 11 is 0. The van der Waals surface area contributed by atoms with Gasteiger partial charge in [-0.1, -0.05) is 101 Å². The Bertz CT molecular complexity index is 1450. The van der Waals surface area contributed by atoms with Crippen molar-refractivity contribution >= 4 is 33.7 Å². The van der Waals surface area contributed by atoms with Gasteiger partial charge in [0.2, 0.25) is 17.7 Å². The fourth-order valence-electron chi connectivity index (χ4n) is 4.53. The zero-order chi connectivity index (χ0) is 35.7. The minimum atomic E-state index is -3.41. The molecule has 0 bridgehead atoms. The molecular weight excluding hydrogens is 636 g/mol. The lowest BCUT2D eigenvalue weighted by atomic mass is 9.98. The Labute approximate surface area is 284 Å². The first-order chi connectivity index (χ1) is 22.7. The van der Waals surface area contributed by atoms with Crippen molar-refractivity contribution in [2.45, 2.75) is 84.8 Å². The summed E-state index contributed by atoms with van der Waals surface area (Å²) in [6.45, 7) is 8.97. The van der Waals surface area contributed by atoms with E-state index in [1.54, 1.807) is 6.92 Å². The molecule has 4 N–H and O–H groups in total. The van der Waals surface area contributed by atoms with Crippen LogP contribution in [0.25, 0.3) is 0 Å². The first-order valence-electron chi connectivity index (χ1n) is 16.1. The number of carbonyl (C=O) groups is 4. The van der Waals surface area contributed by atoms with Crippen LogP contribution in [0.2, 0.25) is 0 Å². The predicted octanol–water partition coefficient (Wildman–Crippen LogP) is 3.62. The lowest BCUT2D eigenvalue weighted by Gasteiger charge is -2.27. The van der Waals surface area contributed by atoms with E-state index in [9.17, 15) is 27.6 Å². The van der Waals surface area contributed by atoms with E-state index in [-0.39, 0.29) is 31.7 Å². The lowest BCUT2D eigenvalue weighted by Crippen LogP contribution is -2.59. The van der Waals surface area contributed by atoms with Crippen LogP contribution in [-0.2, 0) is 46.9 Å². The molecule has 2 rings (SSSR count). The van der Waals surface area contributed by atoms with Gasteiger partial charge < -0.3 is 30.7 Å². The van der Waals surface area contributed by atoms with Crippen molar-refractivity contribution in [3.63, 3.8) is 0 Å². The molecule has 2 aromatic carbocycles. The standard InChI is InChI=1S/C35H50N4O8S/c1-7-25(4)31(39-35(43)47-22-28-16-12-9-13-17-28)34(42)38-30(23-46-21-27-14-10-8-11-15-27)33(41)36-26(5)32(40)37-29(20-24(2)3)18-19-48(6,44)45/h8-19,24-26,29-31H,7,20-23H2,1-6H3,(H,36,41)(H,37,40)(H,38,42)(H,39,43)/b19-18+/t25-,26-,29+,30-,31-/m0/s1. The Balaban J connectivity index is 2.16. The number of carbonyl (C=O) groups excluding carboxylic acids is 4. The minimum Gasteiger partial charge on any atom is -0.445 e. The number of ether oxygens (including phenoxy) is 2. The number of hydrogen-bond acceptors (Lipinski definition) is 8. The van der Waals surface area contributed by atoms with E-state index in [0.29, 0.717) is 12.8 Å². The molecular formula is C35H50N4O8S. The summed E-state index contributed by atoms with van der Waals surface area (Å²) in [5, 5.41) is 11.8. The number of amides is 4. The molecule has 0 spiro atoms. The van der Waals surface area contributed by atoms with Crippen molar-refractivity contribution < 1.29 is 37.1 Å². The second-order valence-corrected chi connectivity index (χ2v) is 14.2. The fourth-order valence-corrected chi connectivity index (χ4v) is 5.00. The summed E-state index contributed by atoms with van der Waals surface area (Å²) < 4.78 is 34.4. The number of benzene rings is 2. The molecule has 2 aromatic rings. The van der Waals surface area contributed by atoms with Gasteiger partial charge in [0.05, 0.1) is 13.2 Å². The molecule has 0 aliphatic heterocycles. The van der Waals surface area contributed by atoms with Crippen LogP contribution >= 0.6 is 0 Å². The van der Waals surface area contributed by atoms with Crippen LogP contribution in [0.1, 0.15) is 58.6 Å². The van der Waals surface area contributed by atoms with Gasteiger partial charge in [0, 0.05) is 17.7 Å². The van der Waals surface area contributed by atoms with Crippen molar-refractivity contribution in [2.75, 3.05) is 12.9 Å². The average molecular weight is 687 g/mol. The minimum absolute atomic E-state index is 0.0158. The summed E-state index contributed by atoms with van der Waals surface area (Å²) in [6.07, 6.45) is 2.70. The smallest absolute Gasteiger partial charge is 0.408 e. The van der Waals surface area contributed by atoms with E-state index in [2.05, 4.69) is 21.3 Å². The summed E-state index contributed by atoms with van der Waals surface area (Å²) in [6, 6.07) is 14.5. The highest BCUT2D eigenvalue weighted by Gasteiger charge is 2.32. The highest BCUT2D eigenvalue weighted by atomic mass is 32.2. The Morgan fingerprint density at radius 1 is 0.771 bits per heavy atom. The highest BCUT2D eigenvalue weighted by Crippen LogP contribution is 2.11. The Hall–Kier alpha value is -4.23. The van der Waals surface area contributed by atoms with Gasteiger partial charge in [-0.15, -0.1) is 0 Å². The zero-order valence-electron chi connectivity index (χ0n) is 28.6. The maximum atomic E-state index is 13.6. The molecule has 5 atom stereocenters. The van der Waals surface area contributed by atoms with Gasteiger partial charge in [0.25, 0.3) is 0 Å². The molecule has 0 unspecified atom stereocenters. The zero-order valence-corrected chi connectivity index (χ0v) is 29.4. The third-order valence-electron chi connectivity index (χ3n) is 7.37. The number of alkyl carbamates (subject to hydrolysis) is 1. The van der Waals surface area contributed by atoms with Crippen LogP contribution in [0.15, 0.2) is 72.1 Å². The van der Waals surface area contributed by atoms with Crippen LogP contribution < -0.4 is 21.3 Å². The molecule has 0 aliphatic carbocycles. The van der Waals surface area contributed by atoms with Crippen LogP contribution in [0.3, 0.4) is 0 Å². The lowest BCUT2D eigenvalue weighted by molar-refractivity contribution is -0.134. The molecule has 0 saturated heterocycles. The molecule has 0 heterocycles. The molecule has 0 radical (unpaired) electrons. The van der Waals surface area contributed by atoms with Crippen LogP contribution in [0.4, 0.5) is 4.79 Å². The number of sulfone groups is 1. The van der Waals surface area contributed by atoms with Gasteiger partial charge >= 0.3 is 6.09 Å². The van der Waals surface area contributed by atoms with E-state index in [0.717, 1.165) is 22.8 Å². The molecule has 264 valence electrons. The van der Waals surface area contributed by atoms with Crippen LogP contribution in [0, 0.1) is 11.8 Å². The number of rotatable bonds is 19. The van der Waals surface area contributed by atoms with Crippen molar-refractivity contribution in [1.29, 1.82) is 0 Å². The van der Waals surface area contributed by atoms with Crippen molar-refractivity contribution in [3.05, 3.63) is 83.3 Å². The summed E-state index contributed by atoms with van der Waals surface area (Å²) in [7, 11) is -3.41. The summed E-state index contributed by atoms with van der Waals surface area (Å²) in [5.74, 6) is -2.01. The SMILES string of the molecule is CC[C@H](C)[C@H](NC(=O)OCc1ccccc1)C(=O)N[C@@H](COCc1ccccc1)C(=O)N[C@@H](C)C(=O)N[C@H](/C=C/S(C)(=O)=O)CC(C)C. The fraction of sp³-hybridized carbons (Fsp3) is 0.486. The maximum Gasteiger partial charge on any atom is 0.408 e. The van der Waals surface area contributed by atoms with Crippen molar-refractivity contribution in [1.82, 2.24) is 21.3 Å². The van der Waals surface area contributed by atoms with Gasteiger partial charge in [-0.25, -0.2) is 13.2 Å². The Kier molecular flexibility index (Phi) is 16.8. The van der Waals surface area contributed by atoms with Crippen LogP contribution in [-0.4, -0.2) is 69.3 Å². The molecule has 0 fully saturated rings. The van der Waals surface area contributed by atoms with E-state index in [1.165, 1.54) is 13.0 Å². The van der Waals surface area contributed by atoms with Gasteiger partial charge in [0.1, 0.15) is 24.7 Å². The maximum absolute atomic E-state index is 13.6. The Morgan fingerprint density at radius 3 is 1.90 bits per heavy atom. The first kappa shape index (κ1) is 39.9. The molecule has 0 saturated carbocycles. The molecule has 48 heavy (non-hydrogen) atoms. The van der Waals surface area contributed by atoms with E-state index >= 15 is 0 Å². The average Bonchev–Trinajstić information content (AvgIpc) is 3.04.